The highest BCUT2D eigenvalue weighted by Crippen LogP contribution is 2.14. The summed E-state index contributed by atoms with van der Waals surface area (Å²) in [6, 6.07) is 1.61. The molecule has 1 aromatic heterocycles. The Hall–Kier alpha value is -2.21. The van der Waals surface area contributed by atoms with Crippen molar-refractivity contribution < 1.29 is 18.3 Å². The van der Waals surface area contributed by atoms with Crippen LogP contribution in [0.15, 0.2) is 12.4 Å². The van der Waals surface area contributed by atoms with Gasteiger partial charge in [0, 0.05) is 12.4 Å². The van der Waals surface area contributed by atoms with Gasteiger partial charge >= 0.3 is 5.97 Å². The molecule has 0 bridgehead atoms. The molecular formula is C9H10N4O4S. The van der Waals surface area contributed by atoms with Gasteiger partial charge in [0.2, 0.25) is 10.0 Å². The van der Waals surface area contributed by atoms with Gasteiger partial charge in [-0.3, -0.25) is 4.72 Å². The highest BCUT2D eigenvalue weighted by Gasteiger charge is 2.26. The minimum atomic E-state index is -4.01. The van der Waals surface area contributed by atoms with Crippen LogP contribution < -0.4 is 4.72 Å². The number of aromatic carboxylic acids is 1. The molecule has 0 saturated heterocycles. The lowest BCUT2D eigenvalue weighted by molar-refractivity contribution is 0.0691. The molecule has 0 aliphatic heterocycles. The molecule has 1 unspecified atom stereocenters. The maximum atomic E-state index is 11.7. The number of nitriles is 1. The molecule has 9 heteroatoms. The summed E-state index contributed by atoms with van der Waals surface area (Å²) in [5.74, 6) is -1.82. The number of hydrogen-bond donors (Lipinski definition) is 2. The number of nitrogens with one attached hydrogen (secondary N) is 1. The molecular weight excluding hydrogens is 260 g/mol. The zero-order valence-electron chi connectivity index (χ0n) is 9.36. The second kappa shape index (κ2) is 5.42. The van der Waals surface area contributed by atoms with Crippen molar-refractivity contribution >= 4 is 21.8 Å². The summed E-state index contributed by atoms with van der Waals surface area (Å²) in [6.07, 6.45) is 2.36. The first-order valence-electron chi connectivity index (χ1n) is 4.88. The van der Waals surface area contributed by atoms with Gasteiger partial charge in [0.05, 0.1) is 6.07 Å². The Morgan fingerprint density at radius 2 is 2.17 bits per heavy atom. The van der Waals surface area contributed by atoms with Crippen molar-refractivity contribution in [1.29, 1.82) is 5.26 Å². The van der Waals surface area contributed by atoms with E-state index in [4.69, 9.17) is 10.4 Å². The van der Waals surface area contributed by atoms with Crippen LogP contribution in [0.3, 0.4) is 0 Å². The minimum absolute atomic E-state index is 0.0779. The third kappa shape index (κ3) is 2.92. The average molecular weight is 270 g/mol. The van der Waals surface area contributed by atoms with E-state index in [1.165, 1.54) is 6.92 Å². The summed E-state index contributed by atoms with van der Waals surface area (Å²) in [5, 5.41) is 16.2. The van der Waals surface area contributed by atoms with Crippen LogP contribution in [0.2, 0.25) is 0 Å². The van der Waals surface area contributed by atoms with Crippen molar-refractivity contribution in [3.8, 4) is 6.07 Å². The number of carbonyl (C=O) groups is 1. The molecule has 0 aliphatic carbocycles. The largest absolute Gasteiger partial charge is 0.476 e. The molecule has 2 N–H and O–H groups in total. The van der Waals surface area contributed by atoms with Crippen molar-refractivity contribution in [2.75, 3.05) is 4.72 Å². The van der Waals surface area contributed by atoms with Gasteiger partial charge in [0.1, 0.15) is 0 Å². The Labute approximate surface area is 103 Å². The van der Waals surface area contributed by atoms with Gasteiger partial charge in [-0.05, 0) is 6.42 Å². The quantitative estimate of drug-likeness (QED) is 0.781. The molecule has 0 saturated carbocycles. The molecule has 0 fully saturated rings. The van der Waals surface area contributed by atoms with Crippen LogP contribution in [0.1, 0.15) is 23.8 Å². The lowest BCUT2D eigenvalue weighted by Gasteiger charge is -2.11. The fraction of sp³-hybridized carbons (Fsp3) is 0.333. The fourth-order valence-electron chi connectivity index (χ4n) is 1.16. The molecule has 0 aromatic carbocycles. The van der Waals surface area contributed by atoms with Crippen molar-refractivity contribution in [3.63, 3.8) is 0 Å². The molecule has 0 amide bonds. The van der Waals surface area contributed by atoms with E-state index in [9.17, 15) is 13.2 Å². The topological polar surface area (TPSA) is 133 Å². The summed E-state index contributed by atoms with van der Waals surface area (Å²) in [4.78, 5) is 17.9. The summed E-state index contributed by atoms with van der Waals surface area (Å²) in [5.41, 5.74) is -0.520. The molecule has 8 nitrogen and oxygen atoms in total. The van der Waals surface area contributed by atoms with E-state index in [1.807, 2.05) is 4.72 Å². The van der Waals surface area contributed by atoms with Gasteiger partial charge in [-0.15, -0.1) is 0 Å². The van der Waals surface area contributed by atoms with Crippen LogP contribution in [0.4, 0.5) is 5.82 Å². The van der Waals surface area contributed by atoms with E-state index in [-0.39, 0.29) is 6.42 Å². The number of carboxylic acids is 1. The molecule has 1 rings (SSSR count). The van der Waals surface area contributed by atoms with Crippen molar-refractivity contribution in [3.05, 3.63) is 18.1 Å². The molecule has 0 aliphatic rings. The first-order valence-corrected chi connectivity index (χ1v) is 6.42. The monoisotopic (exact) mass is 270 g/mol. The van der Waals surface area contributed by atoms with Crippen molar-refractivity contribution in [2.45, 2.75) is 18.6 Å². The van der Waals surface area contributed by atoms with Crippen LogP contribution in [0, 0.1) is 11.3 Å². The van der Waals surface area contributed by atoms with E-state index >= 15 is 0 Å². The third-order valence-corrected chi connectivity index (χ3v) is 3.69. The molecule has 96 valence electrons. The van der Waals surface area contributed by atoms with Gasteiger partial charge < -0.3 is 5.11 Å². The highest BCUT2D eigenvalue weighted by molar-refractivity contribution is 7.93. The van der Waals surface area contributed by atoms with E-state index in [2.05, 4.69) is 9.97 Å². The lowest BCUT2D eigenvalue weighted by atomic mass is 10.4. The molecule has 18 heavy (non-hydrogen) atoms. The smallest absolute Gasteiger partial charge is 0.358 e. The molecule has 0 radical (unpaired) electrons. The van der Waals surface area contributed by atoms with Crippen LogP contribution >= 0.6 is 0 Å². The first kappa shape index (κ1) is 13.9. The summed E-state index contributed by atoms with van der Waals surface area (Å²) >= 11 is 0. The van der Waals surface area contributed by atoms with Crippen molar-refractivity contribution in [2.24, 2.45) is 0 Å². The zero-order valence-corrected chi connectivity index (χ0v) is 10.2. The summed E-state index contributed by atoms with van der Waals surface area (Å²) in [7, 11) is -4.01. The number of carboxylic acid groups (broad SMARTS) is 1. The van der Waals surface area contributed by atoms with Crippen LogP contribution in [0.5, 0.6) is 0 Å². The minimum Gasteiger partial charge on any atom is -0.476 e. The van der Waals surface area contributed by atoms with Crippen LogP contribution in [-0.2, 0) is 10.0 Å². The van der Waals surface area contributed by atoms with Crippen LogP contribution in [0.25, 0.3) is 0 Å². The lowest BCUT2D eigenvalue weighted by Crippen LogP contribution is -2.27. The van der Waals surface area contributed by atoms with Crippen LogP contribution in [-0.4, -0.2) is 34.7 Å². The van der Waals surface area contributed by atoms with Gasteiger partial charge in [-0.1, -0.05) is 6.92 Å². The number of sulfonamides is 1. The predicted molar refractivity (Wildman–Crippen MR) is 61.2 cm³/mol. The van der Waals surface area contributed by atoms with Gasteiger partial charge in [-0.2, -0.15) is 5.26 Å². The van der Waals surface area contributed by atoms with E-state index in [1.54, 1.807) is 6.07 Å². The number of anilines is 1. The normalized spacial score (nSPS) is 12.4. The first-order chi connectivity index (χ1) is 8.42. The third-order valence-electron chi connectivity index (χ3n) is 2.03. The second-order valence-corrected chi connectivity index (χ2v) is 5.09. The second-order valence-electron chi connectivity index (χ2n) is 3.23. The Morgan fingerprint density at radius 1 is 1.56 bits per heavy atom. The van der Waals surface area contributed by atoms with Gasteiger partial charge in [-0.25, -0.2) is 23.2 Å². The highest BCUT2D eigenvalue weighted by atomic mass is 32.2. The number of rotatable bonds is 5. The number of hydrogen-bond acceptors (Lipinski definition) is 6. The predicted octanol–water partition coefficient (Wildman–Crippen LogP) is 0.219. The fourth-order valence-corrected chi connectivity index (χ4v) is 2.29. The average Bonchev–Trinajstić information content (AvgIpc) is 2.29. The Bertz CT molecular complexity index is 593. The van der Waals surface area contributed by atoms with Crippen molar-refractivity contribution in [1.82, 2.24) is 9.97 Å². The zero-order chi connectivity index (χ0) is 13.8. The van der Waals surface area contributed by atoms with E-state index in [0.717, 1.165) is 12.4 Å². The summed E-state index contributed by atoms with van der Waals surface area (Å²) in [6.45, 7) is 1.53. The Morgan fingerprint density at radius 3 is 2.67 bits per heavy atom. The molecule has 1 aromatic rings. The van der Waals surface area contributed by atoms with E-state index < -0.39 is 32.8 Å². The Kier molecular flexibility index (Phi) is 4.17. The Balaban J connectivity index is 3.13. The standard InChI is InChI=1S/C9H10N4O4S/c1-2-6(5-10)18(16,17)13-8-7(9(14)15)11-3-4-12-8/h3-4,6H,2H2,1H3,(H,12,13)(H,14,15). The molecule has 1 heterocycles. The maximum absolute atomic E-state index is 11.7. The molecule has 1 atom stereocenters. The van der Waals surface area contributed by atoms with Gasteiger partial charge in [0.25, 0.3) is 0 Å². The number of nitrogens with zero attached hydrogens (tertiary/aromatic N) is 3. The molecule has 0 spiro atoms. The number of aromatic nitrogens is 2. The van der Waals surface area contributed by atoms with Gasteiger partial charge in [0.15, 0.2) is 16.8 Å². The SMILES string of the molecule is CCC(C#N)S(=O)(=O)Nc1nccnc1C(=O)O. The summed E-state index contributed by atoms with van der Waals surface area (Å²) < 4.78 is 25.5. The van der Waals surface area contributed by atoms with E-state index in [0.29, 0.717) is 0 Å². The maximum Gasteiger partial charge on any atom is 0.358 e.